The lowest BCUT2D eigenvalue weighted by atomic mass is 10.0. The van der Waals surface area contributed by atoms with E-state index in [9.17, 15) is 9.59 Å². The SMILES string of the molecule is O=C(NCc1ccccc1)C(c1ccccc1)N(Cc1ccccc1)C(=O)Cc1ccc(Cl)cc1. The van der Waals surface area contributed by atoms with Crippen molar-refractivity contribution in [3.05, 3.63) is 143 Å². The number of hydrogen-bond acceptors (Lipinski definition) is 2. The Balaban J connectivity index is 1.66. The van der Waals surface area contributed by atoms with Gasteiger partial charge in [-0.05, 0) is 34.4 Å². The van der Waals surface area contributed by atoms with E-state index in [1.807, 2.05) is 103 Å². The standard InChI is InChI=1S/C30H27ClN2O2/c31-27-18-16-23(17-19-27)20-28(34)33(22-25-12-6-2-7-13-25)29(26-14-8-3-9-15-26)30(35)32-21-24-10-4-1-5-11-24/h1-19,29H,20-22H2,(H,32,35). The van der Waals surface area contributed by atoms with Crippen molar-refractivity contribution in [3.63, 3.8) is 0 Å². The van der Waals surface area contributed by atoms with Crippen LogP contribution in [0.4, 0.5) is 0 Å². The van der Waals surface area contributed by atoms with Crippen molar-refractivity contribution in [3.8, 4) is 0 Å². The molecule has 4 rings (SSSR count). The molecule has 1 atom stereocenters. The van der Waals surface area contributed by atoms with Gasteiger partial charge in [-0.25, -0.2) is 0 Å². The minimum absolute atomic E-state index is 0.139. The molecule has 0 radical (unpaired) electrons. The molecule has 4 nitrogen and oxygen atoms in total. The van der Waals surface area contributed by atoms with Gasteiger partial charge in [0.05, 0.1) is 6.42 Å². The van der Waals surface area contributed by atoms with Gasteiger partial charge in [0.2, 0.25) is 11.8 Å². The number of rotatable bonds is 9. The monoisotopic (exact) mass is 482 g/mol. The summed E-state index contributed by atoms with van der Waals surface area (Å²) < 4.78 is 0. The van der Waals surface area contributed by atoms with E-state index >= 15 is 0 Å². The maximum atomic E-state index is 13.7. The molecule has 0 aliphatic rings. The van der Waals surface area contributed by atoms with Crippen molar-refractivity contribution in [2.75, 3.05) is 0 Å². The number of halogens is 1. The topological polar surface area (TPSA) is 49.4 Å². The second kappa shape index (κ2) is 12.0. The Bertz CT molecular complexity index is 1230. The summed E-state index contributed by atoms with van der Waals surface area (Å²) in [7, 11) is 0. The number of carbonyl (C=O) groups is 2. The number of amides is 2. The zero-order valence-electron chi connectivity index (χ0n) is 19.3. The molecule has 0 saturated carbocycles. The maximum Gasteiger partial charge on any atom is 0.247 e. The summed E-state index contributed by atoms with van der Waals surface area (Å²) in [6, 6.07) is 35.4. The molecule has 176 valence electrons. The number of benzene rings is 4. The quantitative estimate of drug-likeness (QED) is 0.319. The van der Waals surface area contributed by atoms with Gasteiger partial charge in [-0.2, -0.15) is 0 Å². The minimum Gasteiger partial charge on any atom is -0.350 e. The van der Waals surface area contributed by atoms with Crippen molar-refractivity contribution in [1.29, 1.82) is 0 Å². The van der Waals surface area contributed by atoms with Crippen LogP contribution in [-0.4, -0.2) is 16.7 Å². The molecule has 0 saturated heterocycles. The molecule has 0 spiro atoms. The third-order valence-corrected chi connectivity index (χ3v) is 6.02. The van der Waals surface area contributed by atoms with Crippen LogP contribution < -0.4 is 5.32 Å². The van der Waals surface area contributed by atoms with Gasteiger partial charge in [0.1, 0.15) is 6.04 Å². The Kier molecular flexibility index (Phi) is 8.31. The van der Waals surface area contributed by atoms with Crippen molar-refractivity contribution in [2.24, 2.45) is 0 Å². The summed E-state index contributed by atoms with van der Waals surface area (Å²) in [5.41, 5.74) is 3.55. The normalized spacial score (nSPS) is 11.5. The van der Waals surface area contributed by atoms with Gasteiger partial charge in [0, 0.05) is 18.1 Å². The lowest BCUT2D eigenvalue weighted by Crippen LogP contribution is -2.43. The molecular formula is C30H27ClN2O2. The summed E-state index contributed by atoms with van der Waals surface area (Å²) in [6.07, 6.45) is 0.166. The number of hydrogen-bond donors (Lipinski definition) is 1. The highest BCUT2D eigenvalue weighted by Gasteiger charge is 2.31. The van der Waals surface area contributed by atoms with E-state index < -0.39 is 6.04 Å². The predicted molar refractivity (Wildman–Crippen MR) is 140 cm³/mol. The first-order valence-corrected chi connectivity index (χ1v) is 11.9. The van der Waals surface area contributed by atoms with Crippen LogP contribution in [0, 0.1) is 0 Å². The first-order valence-electron chi connectivity index (χ1n) is 11.5. The van der Waals surface area contributed by atoms with Gasteiger partial charge in [0.25, 0.3) is 0 Å². The molecule has 1 unspecified atom stereocenters. The second-order valence-corrected chi connectivity index (χ2v) is 8.76. The van der Waals surface area contributed by atoms with Crippen molar-refractivity contribution in [1.82, 2.24) is 10.2 Å². The summed E-state index contributed by atoms with van der Waals surface area (Å²) in [6.45, 7) is 0.694. The van der Waals surface area contributed by atoms with E-state index in [0.717, 1.165) is 22.3 Å². The fourth-order valence-electron chi connectivity index (χ4n) is 3.97. The van der Waals surface area contributed by atoms with E-state index in [1.165, 1.54) is 0 Å². The Morgan fingerprint density at radius 1 is 0.686 bits per heavy atom. The first kappa shape index (κ1) is 24.2. The lowest BCUT2D eigenvalue weighted by Gasteiger charge is -2.32. The lowest BCUT2D eigenvalue weighted by molar-refractivity contribution is -0.141. The number of nitrogens with zero attached hydrogens (tertiary/aromatic N) is 1. The molecule has 0 bridgehead atoms. The van der Waals surface area contributed by atoms with Gasteiger partial charge in [-0.1, -0.05) is 115 Å². The third kappa shape index (κ3) is 6.81. The molecule has 0 aromatic heterocycles. The van der Waals surface area contributed by atoms with Crippen LogP contribution in [-0.2, 0) is 29.1 Å². The van der Waals surface area contributed by atoms with Crippen LogP contribution in [0.1, 0.15) is 28.3 Å². The summed E-state index contributed by atoms with van der Waals surface area (Å²) in [5, 5.41) is 3.66. The van der Waals surface area contributed by atoms with E-state index in [1.54, 1.807) is 17.0 Å². The molecule has 0 aliphatic carbocycles. The van der Waals surface area contributed by atoms with Gasteiger partial charge in [-0.3, -0.25) is 9.59 Å². The summed E-state index contributed by atoms with van der Waals surface area (Å²) in [5.74, 6) is -0.361. The minimum atomic E-state index is -0.778. The maximum absolute atomic E-state index is 13.7. The van der Waals surface area contributed by atoms with Crippen LogP contribution in [0.25, 0.3) is 0 Å². The predicted octanol–water partition coefficient (Wildman–Crippen LogP) is 5.97. The highest BCUT2D eigenvalue weighted by atomic mass is 35.5. The second-order valence-electron chi connectivity index (χ2n) is 8.33. The number of nitrogens with one attached hydrogen (secondary N) is 1. The van der Waals surface area contributed by atoms with E-state index in [0.29, 0.717) is 18.1 Å². The Morgan fingerprint density at radius 3 is 1.83 bits per heavy atom. The zero-order valence-corrected chi connectivity index (χ0v) is 20.1. The fraction of sp³-hybridized carbons (Fsp3) is 0.133. The zero-order chi connectivity index (χ0) is 24.5. The smallest absolute Gasteiger partial charge is 0.247 e. The van der Waals surface area contributed by atoms with Crippen molar-refractivity contribution < 1.29 is 9.59 Å². The van der Waals surface area contributed by atoms with E-state index in [4.69, 9.17) is 11.6 Å². The van der Waals surface area contributed by atoms with Gasteiger partial charge >= 0.3 is 0 Å². The molecule has 2 amide bonds. The van der Waals surface area contributed by atoms with Crippen LogP contribution in [0.2, 0.25) is 5.02 Å². The van der Waals surface area contributed by atoms with E-state index in [2.05, 4.69) is 5.32 Å². The van der Waals surface area contributed by atoms with Crippen LogP contribution in [0.3, 0.4) is 0 Å². The van der Waals surface area contributed by atoms with Gasteiger partial charge < -0.3 is 10.2 Å². The number of carbonyl (C=O) groups excluding carboxylic acids is 2. The van der Waals surface area contributed by atoms with Crippen molar-refractivity contribution in [2.45, 2.75) is 25.6 Å². The first-order chi connectivity index (χ1) is 17.1. The molecule has 0 aliphatic heterocycles. The molecule has 5 heteroatoms. The third-order valence-electron chi connectivity index (χ3n) is 5.77. The highest BCUT2D eigenvalue weighted by Crippen LogP contribution is 2.25. The molecular weight excluding hydrogens is 456 g/mol. The summed E-state index contributed by atoms with van der Waals surface area (Å²) >= 11 is 6.03. The molecule has 0 fully saturated rings. The van der Waals surface area contributed by atoms with Gasteiger partial charge in [-0.15, -0.1) is 0 Å². The average molecular weight is 483 g/mol. The van der Waals surface area contributed by atoms with Crippen molar-refractivity contribution >= 4 is 23.4 Å². The summed E-state index contributed by atoms with van der Waals surface area (Å²) in [4.78, 5) is 29.0. The van der Waals surface area contributed by atoms with Crippen LogP contribution >= 0.6 is 11.6 Å². The largest absolute Gasteiger partial charge is 0.350 e. The molecule has 0 heterocycles. The molecule has 4 aromatic carbocycles. The van der Waals surface area contributed by atoms with Gasteiger partial charge in [0.15, 0.2) is 0 Å². The molecule has 4 aromatic rings. The molecule has 1 N–H and O–H groups in total. The molecule has 35 heavy (non-hydrogen) atoms. The van der Waals surface area contributed by atoms with Crippen LogP contribution in [0.15, 0.2) is 115 Å². The Morgan fingerprint density at radius 2 is 1.23 bits per heavy atom. The fourth-order valence-corrected chi connectivity index (χ4v) is 4.10. The highest BCUT2D eigenvalue weighted by molar-refractivity contribution is 6.30. The van der Waals surface area contributed by atoms with E-state index in [-0.39, 0.29) is 18.2 Å². The Hall–Kier alpha value is -3.89. The van der Waals surface area contributed by atoms with Crippen LogP contribution in [0.5, 0.6) is 0 Å². The average Bonchev–Trinajstić information content (AvgIpc) is 2.90. The Labute approximate surface area is 211 Å².